The summed E-state index contributed by atoms with van der Waals surface area (Å²) in [5.41, 5.74) is 3.39. The molecule has 2 N–H and O–H groups in total. The Kier molecular flexibility index (Phi) is 6.57. The number of nitrogens with zero attached hydrogens (tertiary/aromatic N) is 3. The molecule has 2 atom stereocenters. The average molecular weight is 538 g/mol. The number of anilines is 2. The molecule has 11 heteroatoms. The van der Waals surface area contributed by atoms with Crippen LogP contribution in [0.25, 0.3) is 5.69 Å². The molecule has 0 aliphatic carbocycles. The fourth-order valence-electron chi connectivity index (χ4n) is 4.53. The van der Waals surface area contributed by atoms with Crippen molar-refractivity contribution in [2.45, 2.75) is 12.1 Å². The van der Waals surface area contributed by atoms with Gasteiger partial charge in [0.1, 0.15) is 17.6 Å². The van der Waals surface area contributed by atoms with E-state index in [2.05, 4.69) is 15.0 Å². The fraction of sp³-hybridized carbons (Fsp3) is 0.154. The summed E-state index contributed by atoms with van der Waals surface area (Å²) < 4.78 is 47.6. The molecule has 0 radical (unpaired) electrons. The molecule has 0 spiro atoms. The number of methoxy groups -OCH3 is 1. The SMILES string of the molecule is COc1ccc(N2C(=S)N[C@H](c3ccccn3)[C@H]2c2cccn2-c2ccc(F)cc2)cc1NS(C)(=O)=O. The predicted octanol–water partition coefficient (Wildman–Crippen LogP) is 4.57. The molecule has 2 aromatic heterocycles. The number of pyridine rings is 1. The first-order valence-electron chi connectivity index (χ1n) is 11.3. The minimum Gasteiger partial charge on any atom is -0.495 e. The number of sulfonamides is 1. The minimum atomic E-state index is -3.56. The van der Waals surface area contributed by atoms with E-state index in [9.17, 15) is 12.8 Å². The third-order valence-corrected chi connectivity index (χ3v) is 6.95. The molecule has 2 aromatic carbocycles. The number of hydrogen-bond acceptors (Lipinski definition) is 5. The number of ether oxygens (including phenoxy) is 1. The number of benzene rings is 2. The third kappa shape index (κ3) is 5.00. The van der Waals surface area contributed by atoms with E-state index in [4.69, 9.17) is 17.0 Å². The monoisotopic (exact) mass is 537 g/mol. The maximum atomic E-state index is 13.7. The summed E-state index contributed by atoms with van der Waals surface area (Å²) >= 11 is 5.80. The molecule has 1 fully saturated rings. The summed E-state index contributed by atoms with van der Waals surface area (Å²) in [7, 11) is -2.09. The van der Waals surface area contributed by atoms with E-state index in [-0.39, 0.29) is 17.9 Å². The van der Waals surface area contributed by atoms with E-state index in [1.165, 1.54) is 19.2 Å². The lowest BCUT2D eigenvalue weighted by molar-refractivity contribution is 0.417. The minimum absolute atomic E-state index is 0.291. The van der Waals surface area contributed by atoms with Gasteiger partial charge in [0.2, 0.25) is 10.0 Å². The summed E-state index contributed by atoms with van der Waals surface area (Å²) in [6, 6.07) is 20.3. The van der Waals surface area contributed by atoms with Gasteiger partial charge < -0.3 is 19.5 Å². The second-order valence-corrected chi connectivity index (χ2v) is 10.7. The zero-order valence-electron chi connectivity index (χ0n) is 20.0. The largest absolute Gasteiger partial charge is 0.495 e. The van der Waals surface area contributed by atoms with E-state index in [0.717, 1.165) is 23.3 Å². The number of nitrogens with one attached hydrogen (secondary N) is 2. The van der Waals surface area contributed by atoms with Crippen LogP contribution in [0, 0.1) is 5.82 Å². The summed E-state index contributed by atoms with van der Waals surface area (Å²) in [5, 5.41) is 3.84. The standard InChI is InChI=1S/C26H24FN5O3S2/c1-35-23-13-12-19(16-21(23)30-37(2,33)34)32-25(24(29-26(32)36)20-6-3-4-14-28-20)22-7-5-15-31(22)18-10-8-17(27)9-11-18/h3-16,24-25,30H,1-2H3,(H,29,36)/t24-,25-/m1/s1. The Bertz CT molecular complexity index is 1540. The van der Waals surface area contributed by atoms with Gasteiger partial charge in [-0.15, -0.1) is 0 Å². The number of thiocarbonyl (C=S) groups is 1. The zero-order chi connectivity index (χ0) is 26.2. The first-order valence-corrected chi connectivity index (χ1v) is 13.6. The van der Waals surface area contributed by atoms with Gasteiger partial charge in [0, 0.05) is 29.5 Å². The molecule has 3 heterocycles. The van der Waals surface area contributed by atoms with Crippen molar-refractivity contribution in [1.82, 2.24) is 14.9 Å². The maximum absolute atomic E-state index is 13.7. The van der Waals surface area contributed by atoms with Gasteiger partial charge in [0.15, 0.2) is 5.11 Å². The molecule has 0 amide bonds. The first-order chi connectivity index (χ1) is 17.7. The van der Waals surface area contributed by atoms with E-state index in [0.29, 0.717) is 22.2 Å². The van der Waals surface area contributed by atoms with E-state index < -0.39 is 10.0 Å². The van der Waals surface area contributed by atoms with Crippen molar-refractivity contribution in [3.63, 3.8) is 0 Å². The molecule has 37 heavy (non-hydrogen) atoms. The van der Waals surface area contributed by atoms with Crippen LogP contribution < -0.4 is 19.7 Å². The molecule has 5 rings (SSSR count). The Balaban J connectivity index is 1.66. The zero-order valence-corrected chi connectivity index (χ0v) is 21.6. The van der Waals surface area contributed by atoms with Crippen molar-refractivity contribution in [2.75, 3.05) is 23.0 Å². The first kappa shape index (κ1) is 24.7. The Labute approximate surface area is 219 Å². The molecule has 0 unspecified atom stereocenters. The van der Waals surface area contributed by atoms with Gasteiger partial charge in [0.25, 0.3) is 0 Å². The van der Waals surface area contributed by atoms with E-state index >= 15 is 0 Å². The molecular formula is C26H24FN5O3S2. The van der Waals surface area contributed by atoms with E-state index in [1.54, 1.807) is 30.5 Å². The van der Waals surface area contributed by atoms with Crippen LogP contribution in [0.4, 0.5) is 15.8 Å². The summed E-state index contributed by atoms with van der Waals surface area (Å²) in [4.78, 5) is 6.50. The average Bonchev–Trinajstić information content (AvgIpc) is 3.48. The van der Waals surface area contributed by atoms with Crippen molar-refractivity contribution >= 4 is 38.7 Å². The molecule has 8 nitrogen and oxygen atoms in total. The molecule has 1 saturated heterocycles. The van der Waals surface area contributed by atoms with Gasteiger partial charge in [-0.1, -0.05) is 6.07 Å². The van der Waals surface area contributed by atoms with Crippen LogP contribution >= 0.6 is 12.2 Å². The Morgan fingerprint density at radius 1 is 1.05 bits per heavy atom. The van der Waals surface area contributed by atoms with Crippen LogP contribution in [-0.4, -0.2) is 36.4 Å². The lowest BCUT2D eigenvalue weighted by Gasteiger charge is -2.29. The second kappa shape index (κ2) is 9.83. The molecule has 4 aromatic rings. The normalized spacial score (nSPS) is 17.5. The second-order valence-electron chi connectivity index (χ2n) is 8.53. The maximum Gasteiger partial charge on any atom is 0.229 e. The Hall–Kier alpha value is -3.96. The highest BCUT2D eigenvalue weighted by Crippen LogP contribution is 2.43. The highest BCUT2D eigenvalue weighted by Gasteiger charge is 2.42. The van der Waals surface area contributed by atoms with Gasteiger partial charge in [-0.25, -0.2) is 12.8 Å². The van der Waals surface area contributed by atoms with Crippen molar-refractivity contribution < 1.29 is 17.5 Å². The van der Waals surface area contributed by atoms with Crippen molar-refractivity contribution in [3.05, 3.63) is 102 Å². The van der Waals surface area contributed by atoms with Crippen molar-refractivity contribution in [2.24, 2.45) is 0 Å². The molecule has 190 valence electrons. The quantitative estimate of drug-likeness (QED) is 0.334. The Morgan fingerprint density at radius 3 is 2.49 bits per heavy atom. The lowest BCUT2D eigenvalue weighted by Crippen LogP contribution is -2.30. The number of rotatable bonds is 7. The van der Waals surface area contributed by atoms with Gasteiger partial charge >= 0.3 is 0 Å². The highest BCUT2D eigenvalue weighted by molar-refractivity contribution is 7.92. The molecule has 1 aliphatic heterocycles. The molecule has 1 aliphatic rings. The summed E-state index contributed by atoms with van der Waals surface area (Å²) in [5.74, 6) is 0.0538. The van der Waals surface area contributed by atoms with Gasteiger partial charge in [0.05, 0.1) is 30.8 Å². The third-order valence-electron chi connectivity index (χ3n) is 6.04. The van der Waals surface area contributed by atoms with E-state index in [1.807, 2.05) is 52.1 Å². The van der Waals surface area contributed by atoms with Crippen LogP contribution in [-0.2, 0) is 10.0 Å². The van der Waals surface area contributed by atoms with Gasteiger partial charge in [-0.3, -0.25) is 9.71 Å². The van der Waals surface area contributed by atoms with Crippen molar-refractivity contribution in [3.8, 4) is 11.4 Å². The fourth-order valence-corrected chi connectivity index (χ4v) is 5.44. The smallest absolute Gasteiger partial charge is 0.229 e. The molecular weight excluding hydrogens is 513 g/mol. The van der Waals surface area contributed by atoms with Gasteiger partial charge in [-0.05, 0) is 78.9 Å². The van der Waals surface area contributed by atoms with Crippen molar-refractivity contribution in [1.29, 1.82) is 0 Å². The molecule has 0 bridgehead atoms. The highest BCUT2D eigenvalue weighted by atomic mass is 32.2. The predicted molar refractivity (Wildman–Crippen MR) is 145 cm³/mol. The topological polar surface area (TPSA) is 88.5 Å². The number of halogens is 1. The molecule has 0 saturated carbocycles. The number of hydrogen-bond donors (Lipinski definition) is 2. The van der Waals surface area contributed by atoms with Crippen LogP contribution in [0.5, 0.6) is 5.75 Å². The van der Waals surface area contributed by atoms with Crippen LogP contribution in [0.3, 0.4) is 0 Å². The van der Waals surface area contributed by atoms with Crippen LogP contribution in [0.1, 0.15) is 23.5 Å². The lowest BCUT2D eigenvalue weighted by atomic mass is 10.0. The number of aromatic nitrogens is 2. The summed E-state index contributed by atoms with van der Waals surface area (Å²) in [6.07, 6.45) is 4.71. The summed E-state index contributed by atoms with van der Waals surface area (Å²) in [6.45, 7) is 0. The van der Waals surface area contributed by atoms with Crippen LogP contribution in [0.15, 0.2) is 85.2 Å². The van der Waals surface area contributed by atoms with Crippen LogP contribution in [0.2, 0.25) is 0 Å². The van der Waals surface area contributed by atoms with Gasteiger partial charge in [-0.2, -0.15) is 0 Å². The Morgan fingerprint density at radius 2 is 1.81 bits per heavy atom.